The molecular formula is C15H22N5O6P. The topological polar surface area (TPSA) is 141 Å². The SMILES string of the molecule is COC(=O)CC1COP(=O)(CO[C@H](C)Cn2cnc3c(N)ncnc32)OC1. The monoisotopic (exact) mass is 399 g/mol. The van der Waals surface area contributed by atoms with Crippen LogP contribution in [0.5, 0.6) is 0 Å². The Kier molecular flexibility index (Phi) is 6.05. The molecule has 1 fully saturated rings. The number of carbonyl (C=O) groups is 1. The van der Waals surface area contributed by atoms with Crippen LogP contribution in [0, 0.1) is 5.92 Å². The Bertz CT molecular complexity index is 846. The Morgan fingerprint density at radius 1 is 1.41 bits per heavy atom. The zero-order valence-electron chi connectivity index (χ0n) is 15.1. The maximum absolute atomic E-state index is 12.6. The lowest BCUT2D eigenvalue weighted by Crippen LogP contribution is -2.26. The van der Waals surface area contributed by atoms with Crippen LogP contribution in [0.2, 0.25) is 0 Å². The third-order valence-corrected chi connectivity index (χ3v) is 5.65. The van der Waals surface area contributed by atoms with E-state index < -0.39 is 7.60 Å². The quantitative estimate of drug-likeness (QED) is 0.533. The number of nitrogen functional groups attached to an aromatic ring is 1. The van der Waals surface area contributed by atoms with Crippen molar-refractivity contribution in [2.45, 2.75) is 26.0 Å². The highest BCUT2D eigenvalue weighted by Gasteiger charge is 2.34. The number of methoxy groups -OCH3 is 1. The van der Waals surface area contributed by atoms with Gasteiger partial charge < -0.3 is 28.8 Å². The van der Waals surface area contributed by atoms with E-state index in [1.165, 1.54) is 13.4 Å². The van der Waals surface area contributed by atoms with E-state index in [4.69, 9.17) is 19.5 Å². The summed E-state index contributed by atoms with van der Waals surface area (Å²) in [5.41, 5.74) is 6.89. The summed E-state index contributed by atoms with van der Waals surface area (Å²) in [7, 11) is -2.03. The zero-order valence-corrected chi connectivity index (χ0v) is 16.0. The number of aromatic nitrogens is 4. The highest BCUT2D eigenvalue weighted by Crippen LogP contribution is 2.51. The molecule has 1 atom stereocenters. The van der Waals surface area contributed by atoms with Gasteiger partial charge in [0.2, 0.25) is 0 Å². The number of nitrogens with two attached hydrogens (primary N) is 1. The van der Waals surface area contributed by atoms with Crippen molar-refractivity contribution in [3.63, 3.8) is 0 Å². The van der Waals surface area contributed by atoms with Crippen molar-refractivity contribution in [1.82, 2.24) is 19.5 Å². The predicted molar refractivity (Wildman–Crippen MR) is 94.8 cm³/mol. The van der Waals surface area contributed by atoms with Gasteiger partial charge in [0.05, 0.1) is 45.7 Å². The average Bonchev–Trinajstić information content (AvgIpc) is 3.06. The molecule has 2 N–H and O–H groups in total. The van der Waals surface area contributed by atoms with Crippen LogP contribution in [0.3, 0.4) is 0 Å². The Morgan fingerprint density at radius 2 is 2.15 bits per heavy atom. The normalized spacial score (nSPS) is 24.0. The summed E-state index contributed by atoms with van der Waals surface area (Å²) in [4.78, 5) is 23.5. The first-order valence-corrected chi connectivity index (χ1v) is 10.1. The fraction of sp³-hybridized carbons (Fsp3) is 0.600. The minimum atomic E-state index is -3.35. The minimum Gasteiger partial charge on any atom is -0.469 e. The van der Waals surface area contributed by atoms with Gasteiger partial charge >= 0.3 is 13.6 Å². The van der Waals surface area contributed by atoms with Crippen molar-refractivity contribution in [2.24, 2.45) is 5.92 Å². The Morgan fingerprint density at radius 3 is 2.85 bits per heavy atom. The van der Waals surface area contributed by atoms with Crippen molar-refractivity contribution in [1.29, 1.82) is 0 Å². The Hall–Kier alpha value is -2.07. The van der Waals surface area contributed by atoms with Gasteiger partial charge in [0, 0.05) is 5.92 Å². The van der Waals surface area contributed by atoms with E-state index in [0.717, 1.165) is 0 Å². The fourth-order valence-corrected chi connectivity index (χ4v) is 4.15. The summed E-state index contributed by atoms with van der Waals surface area (Å²) < 4.78 is 35.3. The first kappa shape index (κ1) is 19.7. The molecule has 1 saturated heterocycles. The molecule has 2 aromatic rings. The summed E-state index contributed by atoms with van der Waals surface area (Å²) in [5, 5.41) is 0. The smallest absolute Gasteiger partial charge is 0.356 e. The number of carbonyl (C=O) groups excluding carboxylic acids is 1. The van der Waals surface area contributed by atoms with E-state index in [2.05, 4.69) is 19.7 Å². The third kappa shape index (κ3) is 4.81. The molecule has 3 rings (SSSR count). The van der Waals surface area contributed by atoms with Gasteiger partial charge in [-0.3, -0.25) is 9.36 Å². The van der Waals surface area contributed by atoms with Crippen LogP contribution in [-0.4, -0.2) is 58.3 Å². The summed E-state index contributed by atoms with van der Waals surface area (Å²) in [6.45, 7) is 2.57. The molecule has 0 spiro atoms. The summed E-state index contributed by atoms with van der Waals surface area (Å²) in [6.07, 6.45) is 2.65. The summed E-state index contributed by atoms with van der Waals surface area (Å²) in [5.74, 6) is -0.229. The van der Waals surface area contributed by atoms with Crippen LogP contribution < -0.4 is 5.73 Å². The van der Waals surface area contributed by atoms with Crippen LogP contribution in [0.4, 0.5) is 5.82 Å². The van der Waals surface area contributed by atoms with Crippen LogP contribution in [0.15, 0.2) is 12.7 Å². The second-order valence-corrected chi connectivity index (χ2v) is 8.28. The number of hydrogen-bond acceptors (Lipinski definition) is 10. The standard InChI is InChI=1S/C15H22N5O6P/c1-10(4-20-8-19-13-14(16)17-7-18-15(13)20)24-9-27(22)25-5-11(6-26-27)3-12(21)23-2/h7-8,10-11H,3-6,9H2,1-2H3,(H2,16,17,18)/t10-,11?,27?/m1/s1. The molecule has 0 aliphatic carbocycles. The van der Waals surface area contributed by atoms with E-state index in [0.29, 0.717) is 23.5 Å². The van der Waals surface area contributed by atoms with Crippen LogP contribution in [0.1, 0.15) is 13.3 Å². The molecule has 0 bridgehead atoms. The van der Waals surface area contributed by atoms with Gasteiger partial charge in [0.15, 0.2) is 11.5 Å². The van der Waals surface area contributed by atoms with Crippen LogP contribution in [0.25, 0.3) is 11.2 Å². The second kappa shape index (κ2) is 8.30. The molecule has 1 aliphatic rings. The number of nitrogens with zero attached hydrogens (tertiary/aromatic N) is 4. The van der Waals surface area contributed by atoms with Gasteiger partial charge in [-0.1, -0.05) is 0 Å². The van der Waals surface area contributed by atoms with E-state index >= 15 is 0 Å². The molecule has 1 aliphatic heterocycles. The molecule has 0 radical (unpaired) electrons. The van der Waals surface area contributed by atoms with Crippen LogP contribution >= 0.6 is 7.60 Å². The molecule has 0 aromatic carbocycles. The van der Waals surface area contributed by atoms with E-state index in [-0.39, 0.29) is 44.0 Å². The summed E-state index contributed by atoms with van der Waals surface area (Å²) >= 11 is 0. The lowest BCUT2D eigenvalue weighted by atomic mass is 10.1. The van der Waals surface area contributed by atoms with Gasteiger partial charge in [-0.15, -0.1) is 0 Å². The number of hydrogen-bond donors (Lipinski definition) is 1. The number of fused-ring (bicyclic) bond motifs is 1. The van der Waals surface area contributed by atoms with Gasteiger partial charge in [-0.25, -0.2) is 15.0 Å². The number of ether oxygens (including phenoxy) is 2. The highest BCUT2D eigenvalue weighted by molar-refractivity contribution is 7.53. The van der Waals surface area contributed by atoms with E-state index in [1.807, 2.05) is 6.92 Å². The molecule has 0 amide bonds. The van der Waals surface area contributed by atoms with E-state index in [9.17, 15) is 9.36 Å². The largest absolute Gasteiger partial charge is 0.469 e. The van der Waals surface area contributed by atoms with Crippen molar-refractivity contribution in [3.8, 4) is 0 Å². The fourth-order valence-electron chi connectivity index (χ4n) is 2.62. The van der Waals surface area contributed by atoms with Crippen molar-refractivity contribution in [2.75, 3.05) is 32.4 Å². The molecular weight excluding hydrogens is 377 g/mol. The molecule has 0 unspecified atom stereocenters. The van der Waals surface area contributed by atoms with Crippen LogP contribution in [-0.2, 0) is 34.4 Å². The third-order valence-electron chi connectivity index (χ3n) is 4.10. The first-order valence-electron chi connectivity index (χ1n) is 8.38. The van der Waals surface area contributed by atoms with Crippen molar-refractivity contribution in [3.05, 3.63) is 12.7 Å². The predicted octanol–water partition coefficient (Wildman–Crippen LogP) is 1.19. The molecule has 148 valence electrons. The van der Waals surface area contributed by atoms with Gasteiger partial charge in [-0.2, -0.15) is 0 Å². The summed E-state index contributed by atoms with van der Waals surface area (Å²) in [6, 6.07) is 0. The first-order chi connectivity index (χ1) is 12.9. The van der Waals surface area contributed by atoms with Gasteiger partial charge in [0.1, 0.15) is 18.2 Å². The highest BCUT2D eigenvalue weighted by atomic mass is 31.2. The van der Waals surface area contributed by atoms with Gasteiger partial charge in [0.25, 0.3) is 0 Å². The van der Waals surface area contributed by atoms with Gasteiger partial charge in [-0.05, 0) is 6.92 Å². The number of imidazole rings is 1. The van der Waals surface area contributed by atoms with E-state index in [1.54, 1.807) is 10.9 Å². The number of anilines is 1. The molecule has 27 heavy (non-hydrogen) atoms. The molecule has 3 heterocycles. The minimum absolute atomic E-state index is 0.159. The molecule has 2 aromatic heterocycles. The Balaban J connectivity index is 1.50. The maximum atomic E-state index is 12.6. The van der Waals surface area contributed by atoms with Crippen molar-refractivity contribution < 1.29 is 27.9 Å². The molecule has 11 nitrogen and oxygen atoms in total. The average molecular weight is 399 g/mol. The lowest BCUT2D eigenvalue weighted by Gasteiger charge is -2.29. The number of esters is 1. The second-order valence-electron chi connectivity index (χ2n) is 6.28. The lowest BCUT2D eigenvalue weighted by molar-refractivity contribution is -0.142. The molecule has 0 saturated carbocycles. The molecule has 12 heteroatoms. The number of rotatable bonds is 7. The Labute approximate surface area is 155 Å². The van der Waals surface area contributed by atoms with Crippen molar-refractivity contribution >= 4 is 30.5 Å². The zero-order chi connectivity index (χ0) is 19.4. The maximum Gasteiger partial charge on any atom is 0.356 e.